The molecule has 6 heteroatoms. The summed E-state index contributed by atoms with van der Waals surface area (Å²) in [5.74, 6) is 0.677. The standard InChI is InChI=1S/C10H17N3O2S/c1-2-13-6-8(5-12-13)7-16-4-3-9(11)10(14)15/h5-6,9H,2-4,7,11H2,1H3,(H,14,15). The molecule has 1 atom stereocenters. The van der Waals surface area contributed by atoms with Gasteiger partial charge in [-0.3, -0.25) is 9.48 Å². The Hall–Kier alpha value is -1.01. The number of hydrogen-bond acceptors (Lipinski definition) is 4. The Morgan fingerprint density at radius 2 is 2.50 bits per heavy atom. The molecule has 5 nitrogen and oxygen atoms in total. The van der Waals surface area contributed by atoms with Gasteiger partial charge in [-0.05, 0) is 24.7 Å². The van der Waals surface area contributed by atoms with Crippen molar-refractivity contribution in [2.24, 2.45) is 5.73 Å². The van der Waals surface area contributed by atoms with E-state index in [1.54, 1.807) is 11.8 Å². The van der Waals surface area contributed by atoms with E-state index in [4.69, 9.17) is 10.8 Å². The van der Waals surface area contributed by atoms with Gasteiger partial charge in [-0.25, -0.2) is 0 Å². The van der Waals surface area contributed by atoms with Gasteiger partial charge in [0.05, 0.1) is 6.20 Å². The Labute approximate surface area is 99.0 Å². The monoisotopic (exact) mass is 243 g/mol. The van der Waals surface area contributed by atoms with Gasteiger partial charge in [0.1, 0.15) is 6.04 Å². The van der Waals surface area contributed by atoms with E-state index in [0.717, 1.165) is 23.6 Å². The highest BCUT2D eigenvalue weighted by molar-refractivity contribution is 7.98. The summed E-state index contributed by atoms with van der Waals surface area (Å²) >= 11 is 1.68. The molecule has 0 saturated heterocycles. The lowest BCUT2D eigenvalue weighted by atomic mass is 10.2. The maximum atomic E-state index is 10.5. The molecule has 1 heterocycles. The third kappa shape index (κ3) is 4.24. The molecule has 0 aliphatic rings. The molecule has 0 spiro atoms. The number of carboxylic acid groups (broad SMARTS) is 1. The molecular formula is C10H17N3O2S. The van der Waals surface area contributed by atoms with Gasteiger partial charge in [-0.15, -0.1) is 0 Å². The summed E-state index contributed by atoms with van der Waals surface area (Å²) < 4.78 is 1.87. The van der Waals surface area contributed by atoms with Crippen LogP contribution in [0.25, 0.3) is 0 Å². The van der Waals surface area contributed by atoms with E-state index >= 15 is 0 Å². The van der Waals surface area contributed by atoms with Gasteiger partial charge in [0.25, 0.3) is 0 Å². The summed E-state index contributed by atoms with van der Waals surface area (Å²) in [5, 5.41) is 12.7. The third-order valence-electron chi connectivity index (χ3n) is 2.17. The van der Waals surface area contributed by atoms with E-state index in [1.165, 1.54) is 0 Å². The number of hydrogen-bond donors (Lipinski definition) is 2. The Bertz CT molecular complexity index is 341. The van der Waals surface area contributed by atoms with E-state index < -0.39 is 12.0 Å². The number of nitrogens with two attached hydrogens (primary N) is 1. The third-order valence-corrected chi connectivity index (χ3v) is 3.23. The number of nitrogens with zero attached hydrogens (tertiary/aromatic N) is 2. The number of rotatable bonds is 7. The van der Waals surface area contributed by atoms with Crippen molar-refractivity contribution in [2.45, 2.75) is 31.7 Å². The first-order valence-corrected chi connectivity index (χ1v) is 6.36. The SMILES string of the molecule is CCn1cc(CSCCC(N)C(=O)O)cn1. The Morgan fingerprint density at radius 3 is 3.06 bits per heavy atom. The van der Waals surface area contributed by atoms with Crippen LogP contribution in [0.2, 0.25) is 0 Å². The summed E-state index contributed by atoms with van der Waals surface area (Å²) in [7, 11) is 0. The maximum absolute atomic E-state index is 10.5. The van der Waals surface area contributed by atoms with Gasteiger partial charge in [0.2, 0.25) is 0 Å². The fourth-order valence-electron chi connectivity index (χ4n) is 1.18. The van der Waals surface area contributed by atoms with E-state index in [9.17, 15) is 4.79 Å². The second-order valence-corrected chi connectivity index (χ2v) is 4.60. The van der Waals surface area contributed by atoms with Crippen LogP contribution in [0.1, 0.15) is 18.9 Å². The van der Waals surface area contributed by atoms with Crippen molar-refractivity contribution in [2.75, 3.05) is 5.75 Å². The van der Waals surface area contributed by atoms with Crippen LogP contribution in [-0.4, -0.2) is 32.7 Å². The van der Waals surface area contributed by atoms with E-state index in [1.807, 2.05) is 24.0 Å². The number of aliphatic carboxylic acids is 1. The lowest BCUT2D eigenvalue weighted by Gasteiger charge is -2.04. The van der Waals surface area contributed by atoms with E-state index in [0.29, 0.717) is 6.42 Å². The van der Waals surface area contributed by atoms with Crippen molar-refractivity contribution < 1.29 is 9.90 Å². The number of aromatic nitrogens is 2. The molecular weight excluding hydrogens is 226 g/mol. The summed E-state index contributed by atoms with van der Waals surface area (Å²) in [6.07, 6.45) is 4.35. The van der Waals surface area contributed by atoms with Crippen LogP contribution >= 0.6 is 11.8 Å². The first-order valence-electron chi connectivity index (χ1n) is 5.21. The van der Waals surface area contributed by atoms with Crippen LogP contribution < -0.4 is 5.73 Å². The summed E-state index contributed by atoms with van der Waals surface area (Å²) in [5.41, 5.74) is 6.55. The molecule has 16 heavy (non-hydrogen) atoms. The smallest absolute Gasteiger partial charge is 0.320 e. The molecule has 0 saturated carbocycles. The highest BCUT2D eigenvalue weighted by Gasteiger charge is 2.10. The normalized spacial score (nSPS) is 12.6. The van der Waals surface area contributed by atoms with Crippen molar-refractivity contribution >= 4 is 17.7 Å². The van der Waals surface area contributed by atoms with Crippen LogP contribution in [0.5, 0.6) is 0 Å². The number of aryl methyl sites for hydroxylation is 1. The van der Waals surface area contributed by atoms with Crippen LogP contribution in [-0.2, 0) is 17.1 Å². The fraction of sp³-hybridized carbons (Fsp3) is 0.600. The first-order chi connectivity index (χ1) is 7.63. The molecule has 0 aliphatic heterocycles. The molecule has 3 N–H and O–H groups in total. The summed E-state index contributed by atoms with van der Waals surface area (Å²) in [6, 6.07) is -0.745. The fourth-order valence-corrected chi connectivity index (χ4v) is 2.13. The van der Waals surface area contributed by atoms with Crippen LogP contribution in [0.15, 0.2) is 12.4 Å². The average molecular weight is 243 g/mol. The number of carboxylic acids is 1. The largest absolute Gasteiger partial charge is 0.480 e. The lowest BCUT2D eigenvalue weighted by molar-refractivity contribution is -0.138. The van der Waals surface area contributed by atoms with E-state index in [-0.39, 0.29) is 0 Å². The molecule has 1 aromatic rings. The van der Waals surface area contributed by atoms with E-state index in [2.05, 4.69) is 5.10 Å². The van der Waals surface area contributed by atoms with Crippen LogP contribution in [0.3, 0.4) is 0 Å². The average Bonchev–Trinajstić information content (AvgIpc) is 2.71. The zero-order valence-electron chi connectivity index (χ0n) is 9.30. The van der Waals surface area contributed by atoms with Gasteiger partial charge in [-0.1, -0.05) is 0 Å². The molecule has 0 aromatic carbocycles. The molecule has 0 fully saturated rings. The Balaban J connectivity index is 2.18. The molecule has 1 aromatic heterocycles. The van der Waals surface area contributed by atoms with Gasteiger partial charge in [-0.2, -0.15) is 16.9 Å². The molecule has 90 valence electrons. The summed E-state index contributed by atoms with van der Waals surface area (Å²) in [6.45, 7) is 2.91. The quantitative estimate of drug-likeness (QED) is 0.696. The predicted molar refractivity (Wildman–Crippen MR) is 64.3 cm³/mol. The van der Waals surface area contributed by atoms with Crippen molar-refractivity contribution in [3.63, 3.8) is 0 Å². The predicted octanol–water partition coefficient (Wildman–Crippen LogP) is 0.938. The molecule has 1 unspecified atom stereocenters. The van der Waals surface area contributed by atoms with Gasteiger partial charge in [0, 0.05) is 18.5 Å². The minimum Gasteiger partial charge on any atom is -0.480 e. The number of carbonyl (C=O) groups is 1. The zero-order chi connectivity index (χ0) is 12.0. The molecule has 0 amide bonds. The molecule has 1 rings (SSSR count). The second-order valence-electron chi connectivity index (χ2n) is 3.49. The highest BCUT2D eigenvalue weighted by Crippen LogP contribution is 2.12. The topological polar surface area (TPSA) is 81.1 Å². The Morgan fingerprint density at radius 1 is 1.75 bits per heavy atom. The van der Waals surface area contributed by atoms with Crippen LogP contribution in [0.4, 0.5) is 0 Å². The van der Waals surface area contributed by atoms with Crippen molar-refractivity contribution in [3.05, 3.63) is 18.0 Å². The van der Waals surface area contributed by atoms with Gasteiger partial charge < -0.3 is 10.8 Å². The van der Waals surface area contributed by atoms with Gasteiger partial charge in [0.15, 0.2) is 0 Å². The summed E-state index contributed by atoms with van der Waals surface area (Å²) in [4.78, 5) is 10.5. The second kappa shape index (κ2) is 6.55. The first kappa shape index (κ1) is 13.1. The Kier molecular flexibility index (Phi) is 5.34. The molecule has 0 radical (unpaired) electrons. The van der Waals surface area contributed by atoms with Crippen LogP contribution in [0, 0.1) is 0 Å². The van der Waals surface area contributed by atoms with Crippen molar-refractivity contribution in [1.82, 2.24) is 9.78 Å². The highest BCUT2D eigenvalue weighted by atomic mass is 32.2. The zero-order valence-corrected chi connectivity index (χ0v) is 10.1. The molecule has 0 aliphatic carbocycles. The molecule has 0 bridgehead atoms. The van der Waals surface area contributed by atoms with Crippen molar-refractivity contribution in [3.8, 4) is 0 Å². The maximum Gasteiger partial charge on any atom is 0.320 e. The van der Waals surface area contributed by atoms with Gasteiger partial charge >= 0.3 is 5.97 Å². The lowest BCUT2D eigenvalue weighted by Crippen LogP contribution is -2.30. The minimum atomic E-state index is -0.931. The number of thioether (sulfide) groups is 1. The van der Waals surface area contributed by atoms with Crippen molar-refractivity contribution in [1.29, 1.82) is 0 Å². The minimum absolute atomic E-state index is 0.502.